The summed E-state index contributed by atoms with van der Waals surface area (Å²) in [5, 5.41) is 2.81. The summed E-state index contributed by atoms with van der Waals surface area (Å²) in [6.07, 6.45) is 2.61. The number of nitrogens with one attached hydrogen (secondary N) is 1. The van der Waals surface area contributed by atoms with E-state index in [-0.39, 0.29) is 29.0 Å². The van der Waals surface area contributed by atoms with Crippen molar-refractivity contribution in [1.29, 1.82) is 0 Å². The van der Waals surface area contributed by atoms with Crippen LogP contribution in [0.2, 0.25) is 0 Å². The van der Waals surface area contributed by atoms with Crippen LogP contribution in [0.25, 0.3) is 11.1 Å². The first-order chi connectivity index (χ1) is 11.8. The summed E-state index contributed by atoms with van der Waals surface area (Å²) in [5.41, 5.74) is 10.4. The molecule has 0 saturated heterocycles. The van der Waals surface area contributed by atoms with Gasteiger partial charge >= 0.3 is 6.09 Å². The SMILES string of the molecule is Br.NCCCCCNC(=O)OCC1c2ccccc2-c2ccccc21. The van der Waals surface area contributed by atoms with Crippen molar-refractivity contribution in [3.8, 4) is 11.1 Å². The highest BCUT2D eigenvalue weighted by molar-refractivity contribution is 8.93. The lowest BCUT2D eigenvalue weighted by atomic mass is 9.98. The van der Waals surface area contributed by atoms with Gasteiger partial charge in [0.25, 0.3) is 0 Å². The second kappa shape index (κ2) is 9.59. The summed E-state index contributed by atoms with van der Waals surface area (Å²) in [4.78, 5) is 11.9. The summed E-state index contributed by atoms with van der Waals surface area (Å²) >= 11 is 0. The molecule has 0 fully saturated rings. The predicted octanol–water partition coefficient (Wildman–Crippen LogP) is 4.23. The van der Waals surface area contributed by atoms with Crippen LogP contribution in [0.3, 0.4) is 0 Å². The summed E-state index contributed by atoms with van der Waals surface area (Å²) in [5.74, 6) is 0.111. The van der Waals surface area contributed by atoms with E-state index in [9.17, 15) is 4.79 Å². The molecule has 5 heteroatoms. The number of ether oxygens (including phenoxy) is 1. The van der Waals surface area contributed by atoms with Crippen molar-refractivity contribution >= 4 is 23.1 Å². The number of hydrogen-bond donors (Lipinski definition) is 2. The van der Waals surface area contributed by atoms with Crippen LogP contribution in [-0.4, -0.2) is 25.8 Å². The lowest BCUT2D eigenvalue weighted by molar-refractivity contribution is 0.143. The second-order valence-corrected chi connectivity index (χ2v) is 6.10. The Hall–Kier alpha value is -1.85. The number of benzene rings is 2. The van der Waals surface area contributed by atoms with Gasteiger partial charge in [0.2, 0.25) is 0 Å². The number of fused-ring (bicyclic) bond motifs is 3. The van der Waals surface area contributed by atoms with Gasteiger partial charge < -0.3 is 15.8 Å². The molecular weight excluding hydrogens is 380 g/mol. The number of hydrogen-bond acceptors (Lipinski definition) is 3. The largest absolute Gasteiger partial charge is 0.449 e. The topological polar surface area (TPSA) is 64.3 Å². The molecule has 134 valence electrons. The van der Waals surface area contributed by atoms with Crippen molar-refractivity contribution in [3.05, 3.63) is 59.7 Å². The van der Waals surface area contributed by atoms with Gasteiger partial charge in [-0.05, 0) is 41.6 Å². The van der Waals surface area contributed by atoms with Crippen molar-refractivity contribution in [2.75, 3.05) is 19.7 Å². The molecule has 25 heavy (non-hydrogen) atoms. The van der Waals surface area contributed by atoms with Gasteiger partial charge in [0.15, 0.2) is 0 Å². The number of halogens is 1. The number of carbonyl (C=O) groups excluding carboxylic acids is 1. The molecular formula is C20H25BrN2O2. The van der Waals surface area contributed by atoms with Gasteiger partial charge in [0.1, 0.15) is 6.61 Å². The lowest BCUT2D eigenvalue weighted by Crippen LogP contribution is -2.27. The third-order valence-corrected chi connectivity index (χ3v) is 4.49. The number of carbonyl (C=O) groups is 1. The zero-order valence-electron chi connectivity index (χ0n) is 14.2. The Bertz CT molecular complexity index is 660. The number of amides is 1. The summed E-state index contributed by atoms with van der Waals surface area (Å²) in [7, 11) is 0. The molecule has 2 aromatic carbocycles. The van der Waals surface area contributed by atoms with E-state index in [4.69, 9.17) is 10.5 Å². The maximum Gasteiger partial charge on any atom is 0.407 e. The van der Waals surface area contributed by atoms with Crippen LogP contribution in [0, 0.1) is 0 Å². The molecule has 0 aromatic heterocycles. The zero-order chi connectivity index (χ0) is 16.8. The van der Waals surface area contributed by atoms with Crippen LogP contribution >= 0.6 is 17.0 Å². The van der Waals surface area contributed by atoms with Gasteiger partial charge in [-0.15, -0.1) is 17.0 Å². The van der Waals surface area contributed by atoms with Crippen LogP contribution < -0.4 is 11.1 Å². The van der Waals surface area contributed by atoms with E-state index in [2.05, 4.69) is 29.6 Å². The molecule has 3 rings (SSSR count). The highest BCUT2D eigenvalue weighted by Gasteiger charge is 2.28. The monoisotopic (exact) mass is 404 g/mol. The number of alkyl carbamates (subject to hydrolysis) is 1. The highest BCUT2D eigenvalue weighted by atomic mass is 79.9. The minimum absolute atomic E-state index is 0. The van der Waals surface area contributed by atoms with E-state index in [1.807, 2.05) is 24.3 Å². The van der Waals surface area contributed by atoms with Crippen LogP contribution in [-0.2, 0) is 4.74 Å². The molecule has 1 aliphatic rings. The van der Waals surface area contributed by atoms with Crippen molar-refractivity contribution in [3.63, 3.8) is 0 Å². The molecule has 0 unspecified atom stereocenters. The first-order valence-electron chi connectivity index (χ1n) is 8.60. The van der Waals surface area contributed by atoms with Crippen LogP contribution in [0.5, 0.6) is 0 Å². The quantitative estimate of drug-likeness (QED) is 0.678. The molecule has 4 nitrogen and oxygen atoms in total. The first kappa shape index (κ1) is 19.5. The Morgan fingerprint density at radius 1 is 0.960 bits per heavy atom. The fraction of sp³-hybridized carbons (Fsp3) is 0.350. The Kier molecular flexibility index (Phi) is 7.47. The van der Waals surface area contributed by atoms with Gasteiger partial charge in [-0.25, -0.2) is 4.79 Å². The Morgan fingerprint density at radius 2 is 1.56 bits per heavy atom. The van der Waals surface area contributed by atoms with Gasteiger partial charge in [-0.3, -0.25) is 0 Å². The van der Waals surface area contributed by atoms with Crippen molar-refractivity contribution in [2.45, 2.75) is 25.2 Å². The van der Waals surface area contributed by atoms with E-state index in [0.29, 0.717) is 19.7 Å². The fourth-order valence-corrected chi connectivity index (χ4v) is 3.29. The molecule has 2 aromatic rings. The molecule has 0 aliphatic heterocycles. The molecule has 1 amide bonds. The standard InChI is InChI=1S/C20H24N2O2.BrH/c21-12-6-1-7-13-22-20(23)24-14-19-17-10-4-2-8-15(17)16-9-3-5-11-18(16)19;/h2-5,8-11,19H,1,6-7,12-14,21H2,(H,22,23);1H. The summed E-state index contributed by atoms with van der Waals surface area (Å²) < 4.78 is 5.47. The van der Waals surface area contributed by atoms with Crippen molar-refractivity contribution < 1.29 is 9.53 Å². The first-order valence-corrected chi connectivity index (χ1v) is 8.60. The Labute approximate surface area is 159 Å². The number of rotatable bonds is 7. The van der Waals surface area contributed by atoms with E-state index in [0.717, 1.165) is 19.3 Å². The van der Waals surface area contributed by atoms with Crippen LogP contribution in [0.1, 0.15) is 36.3 Å². The third-order valence-electron chi connectivity index (χ3n) is 4.49. The smallest absolute Gasteiger partial charge is 0.407 e. The lowest BCUT2D eigenvalue weighted by Gasteiger charge is -2.14. The van der Waals surface area contributed by atoms with E-state index >= 15 is 0 Å². The van der Waals surface area contributed by atoms with Gasteiger partial charge in [-0.1, -0.05) is 55.0 Å². The zero-order valence-corrected chi connectivity index (χ0v) is 16.0. The van der Waals surface area contributed by atoms with E-state index in [1.54, 1.807) is 0 Å². The molecule has 0 bridgehead atoms. The molecule has 0 heterocycles. The van der Waals surface area contributed by atoms with Crippen LogP contribution in [0.4, 0.5) is 4.79 Å². The minimum Gasteiger partial charge on any atom is -0.449 e. The van der Waals surface area contributed by atoms with Gasteiger partial charge in [-0.2, -0.15) is 0 Å². The predicted molar refractivity (Wildman–Crippen MR) is 106 cm³/mol. The molecule has 0 spiro atoms. The molecule has 0 saturated carbocycles. The molecule has 1 aliphatic carbocycles. The van der Waals surface area contributed by atoms with Crippen molar-refractivity contribution in [1.82, 2.24) is 5.32 Å². The maximum absolute atomic E-state index is 11.9. The fourth-order valence-electron chi connectivity index (χ4n) is 3.29. The average molecular weight is 405 g/mol. The third kappa shape index (κ3) is 4.61. The highest BCUT2D eigenvalue weighted by Crippen LogP contribution is 2.44. The Balaban J connectivity index is 0.00000225. The Morgan fingerprint density at radius 3 is 2.16 bits per heavy atom. The maximum atomic E-state index is 11.9. The van der Waals surface area contributed by atoms with Gasteiger partial charge in [0, 0.05) is 12.5 Å². The van der Waals surface area contributed by atoms with Gasteiger partial charge in [0.05, 0.1) is 0 Å². The normalized spacial score (nSPS) is 12.0. The number of unbranched alkanes of at least 4 members (excludes halogenated alkanes) is 2. The summed E-state index contributed by atoms with van der Waals surface area (Å²) in [6.45, 7) is 1.70. The average Bonchev–Trinajstić information content (AvgIpc) is 2.94. The second-order valence-electron chi connectivity index (χ2n) is 6.10. The van der Waals surface area contributed by atoms with Crippen molar-refractivity contribution in [2.24, 2.45) is 5.73 Å². The molecule has 3 N–H and O–H groups in total. The van der Waals surface area contributed by atoms with E-state index < -0.39 is 0 Å². The number of nitrogens with two attached hydrogens (primary N) is 1. The van der Waals surface area contributed by atoms with Crippen LogP contribution in [0.15, 0.2) is 48.5 Å². The molecule has 0 atom stereocenters. The molecule has 0 radical (unpaired) electrons. The minimum atomic E-state index is -0.343. The summed E-state index contributed by atoms with van der Waals surface area (Å²) in [6, 6.07) is 16.7. The van der Waals surface area contributed by atoms with E-state index in [1.165, 1.54) is 22.3 Å².